The lowest BCUT2D eigenvalue weighted by molar-refractivity contribution is 0.119. The van der Waals surface area contributed by atoms with Gasteiger partial charge in [-0.25, -0.2) is 0 Å². The standard InChI is InChI=1S/C11H17NO2/c1-8(14-2)9-3-5-10(6-4-9)11(12)7-13/h3-6,8,11,13H,7,12H2,1-2H3. The molecule has 1 rings (SSSR count). The molecule has 0 saturated carbocycles. The molecule has 0 aromatic heterocycles. The highest BCUT2D eigenvalue weighted by Crippen LogP contribution is 2.18. The summed E-state index contributed by atoms with van der Waals surface area (Å²) in [6.07, 6.45) is 0.0920. The van der Waals surface area contributed by atoms with Crippen LogP contribution in [0.25, 0.3) is 0 Å². The molecule has 0 amide bonds. The number of methoxy groups -OCH3 is 1. The van der Waals surface area contributed by atoms with E-state index in [1.54, 1.807) is 7.11 Å². The van der Waals surface area contributed by atoms with Crippen molar-refractivity contribution in [3.05, 3.63) is 35.4 Å². The molecule has 1 aromatic rings. The molecular weight excluding hydrogens is 178 g/mol. The highest BCUT2D eigenvalue weighted by atomic mass is 16.5. The molecule has 0 heterocycles. The quantitative estimate of drug-likeness (QED) is 0.763. The van der Waals surface area contributed by atoms with Crippen molar-refractivity contribution in [1.82, 2.24) is 0 Å². The summed E-state index contributed by atoms with van der Waals surface area (Å²) in [5.74, 6) is 0. The summed E-state index contributed by atoms with van der Waals surface area (Å²) in [6.45, 7) is 1.96. The Labute approximate surface area is 84.5 Å². The van der Waals surface area contributed by atoms with Crippen molar-refractivity contribution in [3.8, 4) is 0 Å². The van der Waals surface area contributed by atoms with Crippen LogP contribution >= 0.6 is 0 Å². The first kappa shape index (κ1) is 11.2. The van der Waals surface area contributed by atoms with Crippen molar-refractivity contribution in [3.63, 3.8) is 0 Å². The summed E-state index contributed by atoms with van der Waals surface area (Å²) in [6, 6.07) is 7.50. The number of rotatable bonds is 4. The maximum absolute atomic E-state index is 8.86. The van der Waals surface area contributed by atoms with E-state index in [0.29, 0.717) is 0 Å². The summed E-state index contributed by atoms with van der Waals surface area (Å²) in [4.78, 5) is 0. The van der Waals surface area contributed by atoms with Crippen molar-refractivity contribution < 1.29 is 9.84 Å². The number of aliphatic hydroxyl groups is 1. The first-order valence-electron chi connectivity index (χ1n) is 4.68. The van der Waals surface area contributed by atoms with Crippen molar-refractivity contribution in [2.75, 3.05) is 13.7 Å². The Hall–Kier alpha value is -0.900. The minimum atomic E-state index is -0.290. The lowest BCUT2D eigenvalue weighted by atomic mass is 10.0. The van der Waals surface area contributed by atoms with Crippen LogP contribution in [0.2, 0.25) is 0 Å². The second-order valence-electron chi connectivity index (χ2n) is 3.33. The van der Waals surface area contributed by atoms with E-state index in [4.69, 9.17) is 15.6 Å². The van der Waals surface area contributed by atoms with E-state index in [2.05, 4.69) is 0 Å². The Balaban J connectivity index is 2.78. The number of ether oxygens (including phenoxy) is 1. The van der Waals surface area contributed by atoms with E-state index in [9.17, 15) is 0 Å². The second-order valence-corrected chi connectivity index (χ2v) is 3.33. The Morgan fingerprint density at radius 1 is 1.29 bits per heavy atom. The van der Waals surface area contributed by atoms with E-state index in [1.807, 2.05) is 31.2 Å². The van der Waals surface area contributed by atoms with Crippen LogP contribution in [0.3, 0.4) is 0 Å². The van der Waals surface area contributed by atoms with Crippen molar-refractivity contribution in [1.29, 1.82) is 0 Å². The van der Waals surface area contributed by atoms with Crippen LogP contribution < -0.4 is 5.73 Å². The van der Waals surface area contributed by atoms with E-state index in [1.165, 1.54) is 0 Å². The van der Waals surface area contributed by atoms with Crippen LogP contribution in [0.1, 0.15) is 30.2 Å². The van der Waals surface area contributed by atoms with Crippen LogP contribution in [0, 0.1) is 0 Å². The largest absolute Gasteiger partial charge is 0.394 e. The Morgan fingerprint density at radius 2 is 1.79 bits per heavy atom. The summed E-state index contributed by atoms with van der Waals surface area (Å²) >= 11 is 0. The van der Waals surface area contributed by atoms with Crippen LogP contribution in [0.4, 0.5) is 0 Å². The van der Waals surface area contributed by atoms with Gasteiger partial charge in [-0.2, -0.15) is 0 Å². The molecule has 78 valence electrons. The van der Waals surface area contributed by atoms with Crippen LogP contribution in [0.15, 0.2) is 24.3 Å². The second kappa shape index (κ2) is 5.10. The molecule has 0 aliphatic heterocycles. The van der Waals surface area contributed by atoms with Gasteiger partial charge >= 0.3 is 0 Å². The highest BCUT2D eigenvalue weighted by molar-refractivity contribution is 5.26. The Kier molecular flexibility index (Phi) is 4.07. The minimum absolute atomic E-state index is 0.0286. The van der Waals surface area contributed by atoms with Gasteiger partial charge in [0.2, 0.25) is 0 Å². The van der Waals surface area contributed by atoms with Gasteiger partial charge in [0.1, 0.15) is 0 Å². The van der Waals surface area contributed by atoms with Gasteiger partial charge in [-0.15, -0.1) is 0 Å². The van der Waals surface area contributed by atoms with Crippen LogP contribution in [-0.4, -0.2) is 18.8 Å². The molecule has 0 bridgehead atoms. The van der Waals surface area contributed by atoms with Gasteiger partial charge in [-0.05, 0) is 18.1 Å². The molecule has 0 saturated heterocycles. The molecule has 0 radical (unpaired) electrons. The van der Waals surface area contributed by atoms with Gasteiger partial charge < -0.3 is 15.6 Å². The predicted molar refractivity (Wildman–Crippen MR) is 55.9 cm³/mol. The predicted octanol–water partition coefficient (Wildman–Crippen LogP) is 1.39. The fourth-order valence-corrected chi connectivity index (χ4v) is 1.26. The van der Waals surface area contributed by atoms with Crippen LogP contribution in [-0.2, 0) is 4.74 Å². The molecule has 0 aliphatic rings. The third kappa shape index (κ3) is 2.54. The SMILES string of the molecule is COC(C)c1ccc(C(N)CO)cc1. The third-order valence-corrected chi connectivity index (χ3v) is 2.38. The zero-order valence-corrected chi connectivity index (χ0v) is 8.60. The molecule has 0 fully saturated rings. The van der Waals surface area contributed by atoms with Gasteiger partial charge in [-0.1, -0.05) is 24.3 Å². The van der Waals surface area contributed by atoms with Gasteiger partial charge in [0.05, 0.1) is 18.8 Å². The number of nitrogens with two attached hydrogens (primary N) is 1. The molecule has 0 aliphatic carbocycles. The van der Waals surface area contributed by atoms with Crippen LogP contribution in [0.5, 0.6) is 0 Å². The van der Waals surface area contributed by atoms with Gasteiger partial charge in [-0.3, -0.25) is 0 Å². The molecule has 3 N–H and O–H groups in total. The molecule has 0 spiro atoms. The number of hydrogen-bond donors (Lipinski definition) is 2. The van der Waals surface area contributed by atoms with Crippen molar-refractivity contribution in [2.24, 2.45) is 5.73 Å². The first-order valence-corrected chi connectivity index (χ1v) is 4.68. The van der Waals surface area contributed by atoms with E-state index in [0.717, 1.165) is 11.1 Å². The lowest BCUT2D eigenvalue weighted by Crippen LogP contribution is -2.14. The average Bonchev–Trinajstić information content (AvgIpc) is 2.27. The number of aliphatic hydroxyl groups excluding tert-OH is 1. The van der Waals surface area contributed by atoms with Gasteiger partial charge in [0, 0.05) is 7.11 Å². The Morgan fingerprint density at radius 3 is 2.21 bits per heavy atom. The smallest absolute Gasteiger partial charge is 0.0793 e. The van der Waals surface area contributed by atoms with E-state index in [-0.39, 0.29) is 18.8 Å². The molecule has 2 atom stereocenters. The van der Waals surface area contributed by atoms with Gasteiger partial charge in [0.25, 0.3) is 0 Å². The van der Waals surface area contributed by atoms with Crippen molar-refractivity contribution in [2.45, 2.75) is 19.1 Å². The Bertz CT molecular complexity index is 242. The van der Waals surface area contributed by atoms with E-state index >= 15 is 0 Å². The van der Waals surface area contributed by atoms with Crippen molar-refractivity contribution >= 4 is 0 Å². The first-order chi connectivity index (χ1) is 6.69. The number of benzene rings is 1. The normalized spacial score (nSPS) is 15.1. The maximum Gasteiger partial charge on any atom is 0.0793 e. The summed E-state index contributed by atoms with van der Waals surface area (Å²) in [5, 5.41) is 8.86. The summed E-state index contributed by atoms with van der Waals surface area (Å²) < 4.78 is 5.18. The topological polar surface area (TPSA) is 55.5 Å². The summed E-state index contributed by atoms with van der Waals surface area (Å²) in [5.41, 5.74) is 7.73. The average molecular weight is 195 g/mol. The molecule has 1 aromatic carbocycles. The zero-order valence-electron chi connectivity index (χ0n) is 8.60. The van der Waals surface area contributed by atoms with E-state index < -0.39 is 0 Å². The molecule has 3 heteroatoms. The zero-order chi connectivity index (χ0) is 10.6. The summed E-state index contributed by atoms with van der Waals surface area (Å²) in [7, 11) is 1.68. The molecular formula is C11H17NO2. The highest BCUT2D eigenvalue weighted by Gasteiger charge is 2.06. The minimum Gasteiger partial charge on any atom is -0.394 e. The van der Waals surface area contributed by atoms with Gasteiger partial charge in [0.15, 0.2) is 0 Å². The third-order valence-electron chi connectivity index (χ3n) is 2.38. The fraction of sp³-hybridized carbons (Fsp3) is 0.455. The molecule has 3 nitrogen and oxygen atoms in total. The molecule has 14 heavy (non-hydrogen) atoms. The fourth-order valence-electron chi connectivity index (χ4n) is 1.26. The molecule has 2 unspecified atom stereocenters. The monoisotopic (exact) mass is 195 g/mol. The lowest BCUT2D eigenvalue weighted by Gasteiger charge is -2.12. The maximum atomic E-state index is 8.86. The number of hydrogen-bond acceptors (Lipinski definition) is 3.